The Bertz CT molecular complexity index is 796. The van der Waals surface area contributed by atoms with Crippen molar-refractivity contribution in [2.75, 3.05) is 11.8 Å². The van der Waals surface area contributed by atoms with E-state index in [1.165, 1.54) is 37.4 Å². The van der Waals surface area contributed by atoms with Gasteiger partial charge in [0.15, 0.2) is 0 Å². The van der Waals surface area contributed by atoms with Crippen LogP contribution < -0.4 is 9.46 Å². The van der Waals surface area contributed by atoms with Crippen molar-refractivity contribution in [1.82, 2.24) is 0 Å². The Morgan fingerprint density at radius 2 is 1.86 bits per heavy atom. The van der Waals surface area contributed by atoms with E-state index >= 15 is 0 Å². The van der Waals surface area contributed by atoms with Crippen molar-refractivity contribution in [3.8, 4) is 11.8 Å². The summed E-state index contributed by atoms with van der Waals surface area (Å²) in [5.41, 5.74) is 0.568. The maximum absolute atomic E-state index is 12.2. The summed E-state index contributed by atoms with van der Waals surface area (Å²) >= 11 is 5.95. The second-order valence-electron chi connectivity index (χ2n) is 4.09. The van der Waals surface area contributed by atoms with Gasteiger partial charge in [-0.05, 0) is 42.5 Å². The van der Waals surface area contributed by atoms with E-state index in [2.05, 4.69) is 4.72 Å². The summed E-state index contributed by atoms with van der Waals surface area (Å²) in [4.78, 5) is 0.0868. The molecule has 0 aliphatic heterocycles. The number of rotatable bonds is 4. The number of benzene rings is 2. The normalized spacial score (nSPS) is 10.7. The molecule has 0 aliphatic carbocycles. The Balaban J connectivity index is 2.30. The van der Waals surface area contributed by atoms with E-state index < -0.39 is 10.0 Å². The van der Waals surface area contributed by atoms with Crippen LogP contribution in [0, 0.1) is 11.3 Å². The average molecular weight is 323 g/mol. The molecule has 2 aromatic carbocycles. The predicted octanol–water partition coefficient (Wildman–Crippen LogP) is 3.02. The number of nitriles is 1. The molecule has 108 valence electrons. The molecular weight excluding hydrogens is 312 g/mol. The molecule has 1 N–H and O–H groups in total. The van der Waals surface area contributed by atoms with Crippen LogP contribution in [0.4, 0.5) is 5.69 Å². The lowest BCUT2D eigenvalue weighted by Crippen LogP contribution is -2.13. The molecule has 0 aromatic heterocycles. The van der Waals surface area contributed by atoms with Crippen LogP contribution in [0.15, 0.2) is 47.4 Å². The fourth-order valence-corrected chi connectivity index (χ4v) is 2.99. The van der Waals surface area contributed by atoms with Gasteiger partial charge < -0.3 is 4.74 Å². The van der Waals surface area contributed by atoms with Gasteiger partial charge in [-0.15, -0.1) is 0 Å². The van der Waals surface area contributed by atoms with Crippen LogP contribution in [0.2, 0.25) is 5.02 Å². The lowest BCUT2D eigenvalue weighted by molar-refractivity contribution is 0.414. The molecule has 21 heavy (non-hydrogen) atoms. The molecule has 5 nitrogen and oxygen atoms in total. The van der Waals surface area contributed by atoms with Gasteiger partial charge in [-0.2, -0.15) is 5.26 Å². The SMILES string of the molecule is COc1ccc(S(=O)(=O)Nc2ccc(C#N)cc2Cl)cc1. The van der Waals surface area contributed by atoms with Crippen LogP contribution in [0.25, 0.3) is 0 Å². The van der Waals surface area contributed by atoms with E-state index in [1.54, 1.807) is 12.1 Å². The molecule has 2 aromatic rings. The molecule has 0 atom stereocenters. The van der Waals surface area contributed by atoms with Gasteiger partial charge >= 0.3 is 0 Å². The highest BCUT2D eigenvalue weighted by Crippen LogP contribution is 2.26. The van der Waals surface area contributed by atoms with E-state index in [0.717, 1.165) is 0 Å². The lowest BCUT2D eigenvalue weighted by atomic mass is 10.2. The highest BCUT2D eigenvalue weighted by Gasteiger charge is 2.16. The van der Waals surface area contributed by atoms with Crippen LogP contribution >= 0.6 is 11.6 Å². The van der Waals surface area contributed by atoms with Gasteiger partial charge in [0.2, 0.25) is 0 Å². The van der Waals surface area contributed by atoms with Crippen molar-refractivity contribution >= 4 is 27.3 Å². The van der Waals surface area contributed by atoms with Gasteiger partial charge in [0, 0.05) is 0 Å². The number of nitrogens with zero attached hydrogens (tertiary/aromatic N) is 1. The molecule has 0 amide bonds. The Hall–Kier alpha value is -2.23. The first-order valence-corrected chi connectivity index (χ1v) is 7.69. The predicted molar refractivity (Wildman–Crippen MR) is 80.0 cm³/mol. The fourth-order valence-electron chi connectivity index (χ4n) is 1.63. The van der Waals surface area contributed by atoms with Crippen molar-refractivity contribution in [2.45, 2.75) is 4.90 Å². The number of halogens is 1. The summed E-state index contributed by atoms with van der Waals surface area (Å²) in [6, 6.07) is 12.2. The molecule has 0 unspecified atom stereocenters. The Kier molecular flexibility index (Phi) is 4.36. The van der Waals surface area contributed by atoms with Crippen LogP contribution in [-0.4, -0.2) is 15.5 Å². The monoisotopic (exact) mass is 322 g/mol. The van der Waals surface area contributed by atoms with E-state index in [0.29, 0.717) is 11.3 Å². The summed E-state index contributed by atoms with van der Waals surface area (Å²) in [6.07, 6.45) is 0. The number of ether oxygens (including phenoxy) is 1. The Morgan fingerprint density at radius 3 is 2.38 bits per heavy atom. The van der Waals surface area contributed by atoms with Crippen LogP contribution in [-0.2, 0) is 10.0 Å². The maximum atomic E-state index is 12.2. The van der Waals surface area contributed by atoms with E-state index in [1.807, 2.05) is 6.07 Å². The number of hydrogen-bond donors (Lipinski definition) is 1. The largest absolute Gasteiger partial charge is 0.497 e. The molecule has 0 bridgehead atoms. The van der Waals surface area contributed by atoms with Gasteiger partial charge in [-0.1, -0.05) is 11.6 Å². The maximum Gasteiger partial charge on any atom is 0.261 e. The molecule has 7 heteroatoms. The van der Waals surface area contributed by atoms with Gasteiger partial charge in [-0.3, -0.25) is 4.72 Å². The molecule has 0 spiro atoms. The molecule has 0 saturated carbocycles. The number of methoxy groups -OCH3 is 1. The van der Waals surface area contributed by atoms with Crippen molar-refractivity contribution in [3.63, 3.8) is 0 Å². The van der Waals surface area contributed by atoms with Gasteiger partial charge in [0.25, 0.3) is 10.0 Å². The fraction of sp³-hybridized carbons (Fsp3) is 0.0714. The van der Waals surface area contributed by atoms with Crippen molar-refractivity contribution in [3.05, 3.63) is 53.1 Å². The van der Waals surface area contributed by atoms with Crippen LogP contribution in [0.5, 0.6) is 5.75 Å². The van der Waals surface area contributed by atoms with Gasteiger partial charge in [-0.25, -0.2) is 8.42 Å². The first kappa shape index (κ1) is 15.2. The third-order valence-electron chi connectivity index (χ3n) is 2.71. The molecule has 0 fully saturated rings. The van der Waals surface area contributed by atoms with Gasteiger partial charge in [0.05, 0.1) is 34.3 Å². The Morgan fingerprint density at radius 1 is 1.19 bits per heavy atom. The van der Waals surface area contributed by atoms with Crippen molar-refractivity contribution in [2.24, 2.45) is 0 Å². The Labute approximate surface area is 127 Å². The summed E-state index contributed by atoms with van der Waals surface area (Å²) in [5, 5.41) is 8.91. The molecule has 0 radical (unpaired) electrons. The van der Waals surface area contributed by atoms with Crippen LogP contribution in [0.3, 0.4) is 0 Å². The van der Waals surface area contributed by atoms with E-state index in [4.69, 9.17) is 21.6 Å². The zero-order valence-electron chi connectivity index (χ0n) is 11.0. The van der Waals surface area contributed by atoms with Gasteiger partial charge in [0.1, 0.15) is 5.75 Å². The highest BCUT2D eigenvalue weighted by molar-refractivity contribution is 7.92. The molecule has 2 rings (SSSR count). The summed E-state index contributed by atoms with van der Waals surface area (Å²) in [6.45, 7) is 0. The molecule has 0 heterocycles. The second-order valence-corrected chi connectivity index (χ2v) is 6.18. The number of anilines is 1. The lowest BCUT2D eigenvalue weighted by Gasteiger charge is -2.10. The number of sulfonamides is 1. The number of nitrogens with one attached hydrogen (secondary N) is 1. The minimum atomic E-state index is -3.75. The quantitative estimate of drug-likeness (QED) is 0.938. The standard InChI is InChI=1S/C14H11ClN2O3S/c1-20-11-3-5-12(6-4-11)21(18,19)17-14-7-2-10(9-16)8-13(14)15/h2-8,17H,1H3. The van der Waals surface area contributed by atoms with Crippen molar-refractivity contribution in [1.29, 1.82) is 5.26 Å². The second kappa shape index (κ2) is 6.04. The minimum Gasteiger partial charge on any atom is -0.497 e. The first-order chi connectivity index (χ1) is 9.96. The third-order valence-corrected chi connectivity index (χ3v) is 4.41. The minimum absolute atomic E-state index is 0.0868. The first-order valence-electron chi connectivity index (χ1n) is 5.83. The van der Waals surface area contributed by atoms with E-state index in [-0.39, 0.29) is 15.6 Å². The number of hydrogen-bond acceptors (Lipinski definition) is 4. The smallest absolute Gasteiger partial charge is 0.261 e. The topological polar surface area (TPSA) is 79.2 Å². The molecule has 0 aliphatic rings. The van der Waals surface area contributed by atoms with Crippen molar-refractivity contribution < 1.29 is 13.2 Å². The third kappa shape index (κ3) is 3.45. The summed E-state index contributed by atoms with van der Waals surface area (Å²) in [5.74, 6) is 0.561. The highest BCUT2D eigenvalue weighted by atomic mass is 35.5. The van der Waals surface area contributed by atoms with Crippen LogP contribution in [0.1, 0.15) is 5.56 Å². The average Bonchev–Trinajstić information content (AvgIpc) is 2.49. The van der Waals surface area contributed by atoms with E-state index in [9.17, 15) is 8.42 Å². The molecular formula is C14H11ClN2O3S. The summed E-state index contributed by atoms with van der Waals surface area (Å²) in [7, 11) is -2.26. The zero-order chi connectivity index (χ0) is 15.5. The zero-order valence-corrected chi connectivity index (χ0v) is 12.6. The molecule has 0 saturated heterocycles. The summed E-state index contributed by atoms with van der Waals surface area (Å²) < 4.78 is 31.8.